The van der Waals surface area contributed by atoms with E-state index < -0.39 is 0 Å². The molecule has 0 radical (unpaired) electrons. The number of benzene rings is 1. The average Bonchev–Trinajstić information content (AvgIpc) is 2.53. The minimum absolute atomic E-state index is 0.381. The lowest BCUT2D eigenvalue weighted by Crippen LogP contribution is -2.46. The second-order valence-electron chi connectivity index (χ2n) is 6.40. The van der Waals surface area contributed by atoms with Crippen LogP contribution in [0.4, 0.5) is 0 Å². The number of hydrazine groups is 1. The predicted molar refractivity (Wildman–Crippen MR) is 81.4 cm³/mol. The molecule has 110 valence electrons. The number of nitrogens with two attached hydrogens (primary N) is 1. The molecule has 0 spiro atoms. The molecule has 1 heterocycles. The summed E-state index contributed by atoms with van der Waals surface area (Å²) in [6, 6.07) is 8.76. The van der Waals surface area contributed by atoms with E-state index >= 15 is 0 Å². The highest BCUT2D eigenvalue weighted by Gasteiger charge is 2.29. The Morgan fingerprint density at radius 1 is 1.20 bits per heavy atom. The molecule has 1 aromatic carbocycles. The van der Waals surface area contributed by atoms with Crippen LogP contribution < -0.4 is 16.0 Å². The van der Waals surface area contributed by atoms with Gasteiger partial charge in [0.15, 0.2) is 0 Å². The summed E-state index contributed by atoms with van der Waals surface area (Å²) in [4.78, 5) is 0. The van der Waals surface area contributed by atoms with Gasteiger partial charge in [0.25, 0.3) is 0 Å². The van der Waals surface area contributed by atoms with Crippen molar-refractivity contribution >= 4 is 0 Å². The lowest BCUT2D eigenvalue weighted by molar-refractivity contribution is 0.161. The van der Waals surface area contributed by atoms with Crippen molar-refractivity contribution in [2.45, 2.75) is 51.0 Å². The molecule has 1 fully saturated rings. The molecule has 3 N–H and O–H groups in total. The van der Waals surface area contributed by atoms with E-state index in [-0.39, 0.29) is 0 Å². The maximum absolute atomic E-state index is 5.91. The molecule has 1 saturated carbocycles. The predicted octanol–water partition coefficient (Wildman–Crippen LogP) is 3.04. The molecule has 2 aliphatic rings. The third-order valence-electron chi connectivity index (χ3n) is 5.00. The fourth-order valence-electron chi connectivity index (χ4n) is 3.79. The van der Waals surface area contributed by atoms with Gasteiger partial charge in [-0.05, 0) is 30.4 Å². The zero-order valence-electron chi connectivity index (χ0n) is 12.2. The Balaban J connectivity index is 1.62. The Kier molecular flexibility index (Phi) is 4.58. The first-order valence-corrected chi connectivity index (χ1v) is 8.03. The Bertz CT molecular complexity index is 429. The molecular weight excluding hydrogens is 248 g/mol. The largest absolute Gasteiger partial charge is 0.493 e. The zero-order chi connectivity index (χ0) is 13.8. The lowest BCUT2D eigenvalue weighted by atomic mass is 9.80. The first-order valence-electron chi connectivity index (χ1n) is 8.03. The van der Waals surface area contributed by atoms with E-state index in [4.69, 9.17) is 10.6 Å². The topological polar surface area (TPSA) is 47.3 Å². The van der Waals surface area contributed by atoms with Crippen LogP contribution in [-0.4, -0.2) is 12.6 Å². The smallest absolute Gasteiger partial charge is 0.122 e. The second-order valence-corrected chi connectivity index (χ2v) is 6.40. The Morgan fingerprint density at radius 2 is 2.00 bits per heavy atom. The number of para-hydroxylation sites is 1. The quantitative estimate of drug-likeness (QED) is 0.655. The van der Waals surface area contributed by atoms with Crippen molar-refractivity contribution in [3.63, 3.8) is 0 Å². The molecule has 2 atom stereocenters. The standard InChI is InChI=1S/C17H26N2O/c18-19-16(10-13-6-2-1-3-7-13)15-11-14-8-4-5-9-17(14)20-12-15/h4-5,8-9,13,15-16,19H,1-3,6-7,10-12,18H2. The van der Waals surface area contributed by atoms with Crippen LogP contribution in [0.5, 0.6) is 5.75 Å². The third-order valence-corrected chi connectivity index (χ3v) is 5.00. The van der Waals surface area contributed by atoms with E-state index in [1.807, 2.05) is 6.07 Å². The van der Waals surface area contributed by atoms with Crippen molar-refractivity contribution in [3.8, 4) is 5.75 Å². The van der Waals surface area contributed by atoms with Crippen LogP contribution in [-0.2, 0) is 6.42 Å². The number of fused-ring (bicyclic) bond motifs is 1. The van der Waals surface area contributed by atoms with Crippen molar-refractivity contribution < 1.29 is 4.74 Å². The molecule has 3 rings (SSSR count). The summed E-state index contributed by atoms with van der Waals surface area (Å²) in [5.41, 5.74) is 4.40. The number of hydrogen-bond acceptors (Lipinski definition) is 3. The minimum atomic E-state index is 0.381. The van der Waals surface area contributed by atoms with E-state index in [9.17, 15) is 0 Å². The van der Waals surface area contributed by atoms with Crippen molar-refractivity contribution in [1.82, 2.24) is 5.43 Å². The van der Waals surface area contributed by atoms with Gasteiger partial charge < -0.3 is 4.74 Å². The highest BCUT2D eigenvalue weighted by molar-refractivity contribution is 5.35. The molecule has 1 aromatic rings. The van der Waals surface area contributed by atoms with Crippen LogP contribution in [0, 0.1) is 11.8 Å². The third kappa shape index (κ3) is 3.15. The van der Waals surface area contributed by atoms with Gasteiger partial charge >= 0.3 is 0 Å². The number of ether oxygens (including phenoxy) is 1. The first kappa shape index (κ1) is 13.9. The average molecular weight is 274 g/mol. The fourth-order valence-corrected chi connectivity index (χ4v) is 3.79. The Hall–Kier alpha value is -1.06. The monoisotopic (exact) mass is 274 g/mol. The van der Waals surface area contributed by atoms with Crippen LogP contribution in [0.25, 0.3) is 0 Å². The summed E-state index contributed by atoms with van der Waals surface area (Å²) in [5.74, 6) is 8.23. The number of nitrogens with one attached hydrogen (secondary N) is 1. The summed E-state index contributed by atoms with van der Waals surface area (Å²) >= 11 is 0. The van der Waals surface area contributed by atoms with E-state index in [0.29, 0.717) is 12.0 Å². The molecule has 1 aliphatic heterocycles. The molecular formula is C17H26N2O. The van der Waals surface area contributed by atoms with Gasteiger partial charge in [-0.25, -0.2) is 0 Å². The molecule has 20 heavy (non-hydrogen) atoms. The normalized spacial score (nSPS) is 24.8. The molecule has 0 amide bonds. The molecule has 2 unspecified atom stereocenters. The summed E-state index contributed by atoms with van der Waals surface area (Å²) in [6.45, 7) is 0.790. The van der Waals surface area contributed by atoms with Gasteiger partial charge in [-0.2, -0.15) is 0 Å². The van der Waals surface area contributed by atoms with Crippen molar-refractivity contribution in [1.29, 1.82) is 0 Å². The van der Waals surface area contributed by atoms with E-state index in [1.54, 1.807) is 0 Å². The first-order chi connectivity index (χ1) is 9.86. The van der Waals surface area contributed by atoms with Crippen molar-refractivity contribution in [2.75, 3.05) is 6.61 Å². The van der Waals surface area contributed by atoms with E-state index in [0.717, 1.165) is 24.7 Å². The summed E-state index contributed by atoms with van der Waals surface area (Å²) in [5, 5.41) is 0. The van der Waals surface area contributed by atoms with Crippen LogP contribution >= 0.6 is 0 Å². The minimum Gasteiger partial charge on any atom is -0.493 e. The van der Waals surface area contributed by atoms with Crippen LogP contribution in [0.1, 0.15) is 44.1 Å². The SMILES string of the molecule is NNC(CC1CCCCC1)C1COc2ccccc2C1. The molecule has 0 saturated heterocycles. The molecule has 0 aromatic heterocycles. The number of hydrogen-bond donors (Lipinski definition) is 2. The molecule has 3 nitrogen and oxygen atoms in total. The van der Waals surface area contributed by atoms with Gasteiger partial charge in [-0.15, -0.1) is 0 Å². The highest BCUT2D eigenvalue weighted by atomic mass is 16.5. The van der Waals surface area contributed by atoms with Crippen LogP contribution in [0.3, 0.4) is 0 Å². The van der Waals surface area contributed by atoms with Gasteiger partial charge in [-0.1, -0.05) is 50.3 Å². The number of rotatable bonds is 4. The van der Waals surface area contributed by atoms with Gasteiger partial charge in [0, 0.05) is 12.0 Å². The fraction of sp³-hybridized carbons (Fsp3) is 0.647. The maximum Gasteiger partial charge on any atom is 0.122 e. The lowest BCUT2D eigenvalue weighted by Gasteiger charge is -2.34. The van der Waals surface area contributed by atoms with Crippen molar-refractivity contribution in [3.05, 3.63) is 29.8 Å². The van der Waals surface area contributed by atoms with E-state index in [1.165, 1.54) is 44.1 Å². The summed E-state index contributed by atoms with van der Waals surface area (Å²) < 4.78 is 5.91. The Labute approximate surface area is 121 Å². The molecule has 0 bridgehead atoms. The maximum atomic E-state index is 5.91. The molecule has 1 aliphatic carbocycles. The van der Waals surface area contributed by atoms with Gasteiger partial charge in [-0.3, -0.25) is 11.3 Å². The highest BCUT2D eigenvalue weighted by Crippen LogP contribution is 2.33. The van der Waals surface area contributed by atoms with Gasteiger partial charge in [0.1, 0.15) is 5.75 Å². The molecule has 3 heteroatoms. The van der Waals surface area contributed by atoms with Gasteiger partial charge in [0.2, 0.25) is 0 Å². The van der Waals surface area contributed by atoms with Gasteiger partial charge in [0.05, 0.1) is 6.61 Å². The zero-order valence-corrected chi connectivity index (χ0v) is 12.2. The summed E-state index contributed by atoms with van der Waals surface area (Å²) in [7, 11) is 0. The van der Waals surface area contributed by atoms with E-state index in [2.05, 4.69) is 23.6 Å². The summed E-state index contributed by atoms with van der Waals surface area (Å²) in [6.07, 6.45) is 9.24. The van der Waals surface area contributed by atoms with Crippen LogP contribution in [0.15, 0.2) is 24.3 Å². The van der Waals surface area contributed by atoms with Crippen LogP contribution in [0.2, 0.25) is 0 Å². The van der Waals surface area contributed by atoms with Crippen molar-refractivity contribution in [2.24, 2.45) is 17.7 Å². The second kappa shape index (κ2) is 6.59. The Morgan fingerprint density at radius 3 is 2.80 bits per heavy atom.